The minimum absolute atomic E-state index is 0.0660. The monoisotopic (exact) mass is 1170 g/mol. The van der Waals surface area contributed by atoms with Gasteiger partial charge in [0.25, 0.3) is 11.8 Å². The van der Waals surface area contributed by atoms with E-state index < -0.39 is 109 Å². The molecule has 3 amide bonds. The number of likely N-dealkylation sites (N-methyl/N-ethyl adjacent to an activating group) is 1. The van der Waals surface area contributed by atoms with Gasteiger partial charge in [0.05, 0.1) is 32.5 Å². The van der Waals surface area contributed by atoms with E-state index in [9.17, 15) is 33.9 Å². The van der Waals surface area contributed by atoms with Gasteiger partial charge in [0.1, 0.15) is 40.3 Å². The van der Waals surface area contributed by atoms with Crippen molar-refractivity contribution in [3.63, 3.8) is 0 Å². The average Bonchev–Trinajstić information content (AvgIpc) is 4.32. The summed E-state index contributed by atoms with van der Waals surface area (Å²) in [5.41, 5.74) is 16.0. The third-order valence-corrected chi connectivity index (χ3v) is 15.3. The number of aromatic nitrogens is 2. The number of nitrogens with two attached hydrogens (primary N) is 2. The summed E-state index contributed by atoms with van der Waals surface area (Å²) in [6, 6.07) is 17.5. The Morgan fingerprint density at radius 1 is 0.659 bits per heavy atom. The molecule has 0 aliphatic heterocycles. The maximum Gasteiger partial charge on any atom is 0.323 e. The van der Waals surface area contributed by atoms with Crippen LogP contribution in [-0.2, 0) is 81.6 Å². The third kappa shape index (κ3) is 18.3. The molecule has 1 aliphatic rings. The smallest absolute Gasteiger partial charge is 0.323 e. The Labute approximate surface area is 485 Å². The topological polar surface area (TPSA) is 309 Å². The summed E-state index contributed by atoms with van der Waals surface area (Å²) in [5, 5.41) is 26.3. The van der Waals surface area contributed by atoms with Crippen molar-refractivity contribution in [2.24, 2.45) is 29.2 Å². The average molecular weight is 1170 g/mol. The number of ether oxygens (including phenoxy) is 6. The van der Waals surface area contributed by atoms with E-state index >= 15 is 4.79 Å². The minimum Gasteiger partial charge on any atom is -0.465 e. The van der Waals surface area contributed by atoms with Crippen LogP contribution in [0.2, 0.25) is 0 Å². The van der Waals surface area contributed by atoms with Crippen LogP contribution in [0.5, 0.6) is 0 Å². The van der Waals surface area contributed by atoms with Gasteiger partial charge >= 0.3 is 23.9 Å². The molecule has 6 rings (SSSR count). The fourth-order valence-corrected chi connectivity index (χ4v) is 9.97. The van der Waals surface area contributed by atoms with E-state index in [1.165, 1.54) is 29.7 Å². The van der Waals surface area contributed by atoms with Gasteiger partial charge in [-0.05, 0) is 52.8 Å². The second-order valence-electron chi connectivity index (χ2n) is 20.8. The predicted molar refractivity (Wildman–Crippen MR) is 306 cm³/mol. The molecule has 1 aliphatic carbocycles. The molecule has 2 heterocycles. The lowest BCUT2D eigenvalue weighted by molar-refractivity contribution is -0.190. The number of nitrogens with zero attached hydrogens (tertiary/aromatic N) is 2. The van der Waals surface area contributed by atoms with Gasteiger partial charge in [0.15, 0.2) is 18.3 Å². The fraction of sp³-hybridized carbons (Fsp3) is 0.475. The van der Waals surface area contributed by atoms with Gasteiger partial charge in [0, 0.05) is 60.6 Å². The van der Waals surface area contributed by atoms with Gasteiger partial charge in [-0.15, -0.1) is 22.7 Å². The van der Waals surface area contributed by atoms with Crippen LogP contribution in [0.3, 0.4) is 0 Å². The van der Waals surface area contributed by atoms with Gasteiger partial charge in [-0.3, -0.25) is 33.6 Å². The van der Waals surface area contributed by atoms with E-state index in [-0.39, 0.29) is 63.9 Å². The molecule has 0 bridgehead atoms. The highest BCUT2D eigenvalue weighted by molar-refractivity contribution is 7.13. The van der Waals surface area contributed by atoms with Crippen LogP contribution >= 0.6 is 22.7 Å². The van der Waals surface area contributed by atoms with Crippen LogP contribution in [0, 0.1) is 17.8 Å². The Hall–Kier alpha value is -6.99. The highest BCUT2D eigenvalue weighted by atomic mass is 32.1. The third-order valence-electron chi connectivity index (χ3n) is 13.6. The number of aliphatic hydroxyl groups is 1. The number of esters is 4. The van der Waals surface area contributed by atoms with Crippen molar-refractivity contribution >= 4 is 64.3 Å². The number of fused-ring (bicyclic) bond motifs is 1. The van der Waals surface area contributed by atoms with Crippen molar-refractivity contribution in [1.82, 2.24) is 25.9 Å². The lowest BCUT2D eigenvalue weighted by Gasteiger charge is -2.35. The molecule has 82 heavy (non-hydrogen) atoms. The van der Waals surface area contributed by atoms with E-state index in [2.05, 4.69) is 25.9 Å². The number of benzene rings is 3. The van der Waals surface area contributed by atoms with Crippen molar-refractivity contribution in [2.45, 2.75) is 142 Å². The highest BCUT2D eigenvalue weighted by Crippen LogP contribution is 2.35. The molecular weight excluding hydrogens is 1090 g/mol. The summed E-state index contributed by atoms with van der Waals surface area (Å²) in [7, 11) is 1.40. The van der Waals surface area contributed by atoms with Crippen molar-refractivity contribution in [3.8, 4) is 21.1 Å². The molecule has 7 unspecified atom stereocenters. The Kier molecular flexibility index (Phi) is 24.6. The number of hydrogen-bond donors (Lipinski definition) is 6. The molecule has 8 N–H and O–H groups in total. The first-order valence-corrected chi connectivity index (χ1v) is 29.0. The molecule has 0 saturated heterocycles. The molecule has 5 aromatic rings. The van der Waals surface area contributed by atoms with Crippen LogP contribution in [0.25, 0.3) is 21.1 Å². The van der Waals surface area contributed by atoms with Gasteiger partial charge in [0.2, 0.25) is 5.91 Å². The van der Waals surface area contributed by atoms with Crippen molar-refractivity contribution in [3.05, 3.63) is 118 Å². The molecule has 3 aromatic carbocycles. The summed E-state index contributed by atoms with van der Waals surface area (Å²) in [4.78, 5) is 105. The zero-order valence-electron chi connectivity index (χ0n) is 47.1. The molecule has 0 spiro atoms. The largest absolute Gasteiger partial charge is 0.465 e. The Bertz CT molecular complexity index is 2870. The molecule has 0 radical (unpaired) electrons. The van der Waals surface area contributed by atoms with Crippen LogP contribution in [0.15, 0.2) is 96.0 Å². The SMILES string of the molecule is CNC(=O)C(NC(=O)C(OCc1ccc(-c2nccs2)cc1)C(OC(=O)CCCOC(=O)[C@@H](N)C(C)C)C(O)C(OCc1ccc(-c2nccs2)cc1)C(=O)NC1c2ccccc2CC1OC(=O)CCCOC(=O)[C@@H](N)C(C)C)C(C)C. The molecule has 0 fully saturated rings. The van der Waals surface area contributed by atoms with Crippen molar-refractivity contribution < 1.29 is 67.1 Å². The second kappa shape index (κ2) is 31.4. The normalized spacial score (nSPS) is 16.5. The number of amides is 3. The number of aliphatic hydroxyl groups excluding tert-OH is 1. The minimum atomic E-state index is -2.22. The molecule has 442 valence electrons. The number of rotatable bonds is 31. The highest BCUT2D eigenvalue weighted by Gasteiger charge is 2.47. The van der Waals surface area contributed by atoms with Gasteiger partial charge in [-0.1, -0.05) is 114 Å². The maximum atomic E-state index is 15.3. The van der Waals surface area contributed by atoms with E-state index in [0.29, 0.717) is 16.7 Å². The lowest BCUT2D eigenvalue weighted by Crippen LogP contribution is -2.60. The first-order valence-electron chi connectivity index (χ1n) is 27.3. The number of carbonyl (C=O) groups is 7. The zero-order valence-corrected chi connectivity index (χ0v) is 48.8. The summed E-state index contributed by atoms with van der Waals surface area (Å²) < 4.78 is 35.5. The van der Waals surface area contributed by atoms with Gasteiger partial charge in [-0.2, -0.15) is 0 Å². The van der Waals surface area contributed by atoms with Gasteiger partial charge < -0.3 is 60.9 Å². The lowest BCUT2D eigenvalue weighted by atomic mass is 9.98. The maximum absolute atomic E-state index is 15.3. The standard InChI is InChI=1S/C59H75N7O14S2/c1-33(2)45(60)58(73)75-26-10-14-43(67)79-42-30-40-12-8-9-13-41(40)48(42)66-54(71)51(77-31-36-16-20-38(21-17-36)56-63-24-28-81-56)49(69)50(80-44(68)15-11-27-76-59(74)46(61)34(3)4)52(55(72)65-47(35(5)6)53(70)62-7)78-32-37-18-22-39(23-19-37)57-64-25-29-82-57/h8-9,12-13,16-25,28-29,33-35,42,45-52,69H,10-11,14-15,26-27,30-32,60-61H2,1-7H3,(H,62,70)(H,65,72)(H,66,71)/t42?,45-,46-,47?,48?,49?,50?,51?,52?/m0/s1. The summed E-state index contributed by atoms with van der Waals surface area (Å²) in [5.74, 6) is -6.24. The first-order chi connectivity index (χ1) is 39.3. The molecule has 23 heteroatoms. The van der Waals surface area contributed by atoms with E-state index in [0.717, 1.165) is 26.7 Å². The van der Waals surface area contributed by atoms with E-state index in [4.69, 9.17) is 39.9 Å². The van der Waals surface area contributed by atoms with Crippen LogP contribution in [0.4, 0.5) is 0 Å². The summed E-state index contributed by atoms with van der Waals surface area (Å²) in [6.07, 6.45) is -6.08. The number of thiazole rings is 2. The number of nitrogens with one attached hydrogen (secondary N) is 3. The molecule has 9 atom stereocenters. The Balaban J connectivity index is 1.36. The molecule has 2 aromatic heterocycles. The van der Waals surface area contributed by atoms with Crippen molar-refractivity contribution in [2.75, 3.05) is 20.3 Å². The number of hydrogen-bond acceptors (Lipinski definition) is 20. The Morgan fingerprint density at radius 2 is 1.17 bits per heavy atom. The molecular formula is C59H75N7O14S2. The predicted octanol–water partition coefficient (Wildman–Crippen LogP) is 5.50. The summed E-state index contributed by atoms with van der Waals surface area (Å²) >= 11 is 2.88. The van der Waals surface area contributed by atoms with E-state index in [1.54, 1.807) is 96.4 Å². The summed E-state index contributed by atoms with van der Waals surface area (Å²) in [6.45, 7) is 9.58. The van der Waals surface area contributed by atoms with Crippen molar-refractivity contribution in [1.29, 1.82) is 0 Å². The fourth-order valence-electron chi connectivity index (χ4n) is 8.68. The van der Waals surface area contributed by atoms with Crippen LogP contribution < -0.4 is 27.4 Å². The van der Waals surface area contributed by atoms with Crippen LogP contribution in [0.1, 0.15) is 95.5 Å². The molecule has 21 nitrogen and oxygen atoms in total. The Morgan fingerprint density at radius 3 is 1.66 bits per heavy atom. The second-order valence-corrected chi connectivity index (χ2v) is 22.6. The number of carbonyl (C=O) groups excluding carboxylic acids is 7. The van der Waals surface area contributed by atoms with Crippen LogP contribution in [-0.4, -0.2) is 126 Å². The zero-order chi connectivity index (χ0) is 59.5. The first kappa shape index (κ1) is 64.2. The molecule has 0 saturated carbocycles. The van der Waals surface area contributed by atoms with E-state index in [1.807, 2.05) is 41.1 Å². The van der Waals surface area contributed by atoms with Gasteiger partial charge in [-0.25, -0.2) is 9.97 Å². The quantitative estimate of drug-likeness (QED) is 0.0181.